The number of hydrogen-bond donors (Lipinski definition) is 0. The van der Waals surface area contributed by atoms with Crippen LogP contribution >= 0.6 is 11.8 Å². The van der Waals surface area contributed by atoms with Crippen molar-refractivity contribution in [2.24, 2.45) is 0 Å². The summed E-state index contributed by atoms with van der Waals surface area (Å²) in [5, 5.41) is 0. The zero-order chi connectivity index (χ0) is 16.7. The fourth-order valence-electron chi connectivity index (χ4n) is 2.04. The molecule has 0 N–H and O–H groups in total. The Balaban J connectivity index is 2.24. The number of methoxy groups -OCH3 is 2. The highest BCUT2D eigenvalue weighted by Crippen LogP contribution is 2.33. The Morgan fingerprint density at radius 2 is 2.04 bits per heavy atom. The molecule has 0 fully saturated rings. The van der Waals surface area contributed by atoms with E-state index in [4.69, 9.17) is 4.74 Å². The van der Waals surface area contributed by atoms with Gasteiger partial charge in [-0.25, -0.2) is 4.79 Å². The maximum atomic E-state index is 11.4. The molecule has 1 aromatic heterocycles. The highest BCUT2D eigenvalue weighted by molar-refractivity contribution is 7.99. The number of aromatic nitrogens is 1. The van der Waals surface area contributed by atoms with Crippen molar-refractivity contribution in [1.82, 2.24) is 4.98 Å². The summed E-state index contributed by atoms with van der Waals surface area (Å²) in [6.45, 7) is 2.11. The highest BCUT2D eigenvalue weighted by atomic mass is 32.2. The first-order valence-corrected chi connectivity index (χ1v) is 8.20. The van der Waals surface area contributed by atoms with Gasteiger partial charge in [0.25, 0.3) is 0 Å². The molecule has 0 aliphatic rings. The molecular weight excluding hydrogens is 310 g/mol. The van der Waals surface area contributed by atoms with E-state index in [1.807, 2.05) is 30.4 Å². The summed E-state index contributed by atoms with van der Waals surface area (Å²) in [5.74, 6) is 1.45. The molecule has 0 spiro atoms. The molecule has 2 rings (SSSR count). The standard InChI is InChI=1S/C18H19NO3S/c1-4-23-17-13(6-5-7-16(17)21-2)8-10-15-11-9-14(12-19-15)18(20)22-3/h5-12H,4H2,1-3H3/b10-8+. The number of carbonyl (C=O) groups excluding carboxylic acids is 1. The molecule has 1 aromatic carbocycles. The minimum Gasteiger partial charge on any atom is -0.496 e. The van der Waals surface area contributed by atoms with Crippen LogP contribution in [-0.4, -0.2) is 30.9 Å². The third-order valence-electron chi connectivity index (χ3n) is 3.16. The van der Waals surface area contributed by atoms with Gasteiger partial charge in [-0.3, -0.25) is 4.98 Å². The fourth-order valence-corrected chi connectivity index (χ4v) is 2.93. The number of nitrogens with zero attached hydrogens (tertiary/aromatic N) is 1. The number of hydrogen-bond acceptors (Lipinski definition) is 5. The van der Waals surface area contributed by atoms with Crippen molar-refractivity contribution in [3.05, 3.63) is 53.3 Å². The molecular formula is C18H19NO3S. The highest BCUT2D eigenvalue weighted by Gasteiger charge is 2.07. The molecule has 0 unspecified atom stereocenters. The zero-order valence-electron chi connectivity index (χ0n) is 13.4. The Morgan fingerprint density at radius 3 is 2.65 bits per heavy atom. The van der Waals surface area contributed by atoms with Gasteiger partial charge in [0.15, 0.2) is 0 Å². The van der Waals surface area contributed by atoms with Crippen LogP contribution < -0.4 is 4.74 Å². The summed E-state index contributed by atoms with van der Waals surface area (Å²) in [6, 6.07) is 9.45. The first-order chi connectivity index (χ1) is 11.2. The Bertz CT molecular complexity index is 696. The van der Waals surface area contributed by atoms with E-state index in [0.717, 1.165) is 27.7 Å². The molecule has 0 bridgehead atoms. The first kappa shape index (κ1) is 17.1. The second-order valence-corrected chi connectivity index (χ2v) is 5.88. The quantitative estimate of drug-likeness (QED) is 0.588. The van der Waals surface area contributed by atoms with E-state index in [2.05, 4.69) is 16.6 Å². The van der Waals surface area contributed by atoms with Crippen LogP contribution in [0.15, 0.2) is 41.4 Å². The number of carbonyl (C=O) groups is 1. The molecule has 0 amide bonds. The van der Waals surface area contributed by atoms with Gasteiger partial charge < -0.3 is 9.47 Å². The molecule has 0 atom stereocenters. The van der Waals surface area contributed by atoms with Crippen molar-refractivity contribution in [3.63, 3.8) is 0 Å². The normalized spacial score (nSPS) is 10.7. The number of esters is 1. The number of benzene rings is 1. The van der Waals surface area contributed by atoms with Crippen LogP contribution in [0, 0.1) is 0 Å². The predicted octanol–water partition coefficient (Wildman–Crippen LogP) is 4.16. The molecule has 2 aromatic rings. The summed E-state index contributed by atoms with van der Waals surface area (Å²) in [7, 11) is 3.03. The van der Waals surface area contributed by atoms with Crippen molar-refractivity contribution in [2.45, 2.75) is 11.8 Å². The van der Waals surface area contributed by atoms with Crippen molar-refractivity contribution < 1.29 is 14.3 Å². The topological polar surface area (TPSA) is 48.4 Å². The smallest absolute Gasteiger partial charge is 0.339 e. The van der Waals surface area contributed by atoms with Gasteiger partial charge >= 0.3 is 5.97 Å². The van der Waals surface area contributed by atoms with Gasteiger partial charge in [0.2, 0.25) is 0 Å². The molecule has 4 nitrogen and oxygen atoms in total. The van der Waals surface area contributed by atoms with Crippen LogP contribution in [0.25, 0.3) is 12.2 Å². The maximum absolute atomic E-state index is 11.4. The largest absolute Gasteiger partial charge is 0.496 e. The Kier molecular flexibility index (Phi) is 6.23. The lowest BCUT2D eigenvalue weighted by molar-refractivity contribution is 0.0600. The summed E-state index contributed by atoms with van der Waals surface area (Å²) in [4.78, 5) is 16.8. The van der Waals surface area contributed by atoms with Gasteiger partial charge in [0.05, 0.1) is 30.4 Å². The van der Waals surface area contributed by atoms with Crippen LogP contribution in [0.1, 0.15) is 28.5 Å². The average Bonchev–Trinajstić information content (AvgIpc) is 2.60. The molecule has 0 saturated heterocycles. The van der Waals surface area contributed by atoms with Crippen LogP contribution in [0.5, 0.6) is 5.75 Å². The Labute approximate surface area is 140 Å². The summed E-state index contributed by atoms with van der Waals surface area (Å²) in [5.41, 5.74) is 2.29. The lowest BCUT2D eigenvalue weighted by Crippen LogP contribution is -2.01. The fraction of sp³-hybridized carbons (Fsp3) is 0.222. The molecule has 120 valence electrons. The second-order valence-electron chi connectivity index (χ2n) is 4.61. The second kappa shape index (κ2) is 8.39. The minimum absolute atomic E-state index is 0.387. The number of rotatable bonds is 6. The van der Waals surface area contributed by atoms with Gasteiger partial charge in [-0.1, -0.05) is 25.1 Å². The van der Waals surface area contributed by atoms with Gasteiger partial charge in [-0.15, -0.1) is 11.8 Å². The summed E-state index contributed by atoms with van der Waals surface area (Å²) < 4.78 is 10.1. The van der Waals surface area contributed by atoms with E-state index in [1.165, 1.54) is 13.3 Å². The third-order valence-corrected chi connectivity index (χ3v) is 4.17. The average molecular weight is 329 g/mol. The van der Waals surface area contributed by atoms with Crippen molar-refractivity contribution in [1.29, 1.82) is 0 Å². The van der Waals surface area contributed by atoms with Crippen LogP contribution in [0.4, 0.5) is 0 Å². The molecule has 0 saturated carbocycles. The van der Waals surface area contributed by atoms with Crippen LogP contribution in [0.3, 0.4) is 0 Å². The summed E-state index contributed by atoms with van der Waals surface area (Å²) in [6.07, 6.45) is 5.43. The molecule has 0 aliphatic carbocycles. The zero-order valence-corrected chi connectivity index (χ0v) is 14.2. The minimum atomic E-state index is -0.387. The van der Waals surface area contributed by atoms with E-state index < -0.39 is 0 Å². The van der Waals surface area contributed by atoms with Gasteiger partial charge in [-0.05, 0) is 35.6 Å². The maximum Gasteiger partial charge on any atom is 0.339 e. The van der Waals surface area contributed by atoms with E-state index in [9.17, 15) is 4.79 Å². The Morgan fingerprint density at radius 1 is 1.22 bits per heavy atom. The van der Waals surface area contributed by atoms with Gasteiger partial charge in [-0.2, -0.15) is 0 Å². The molecule has 0 radical (unpaired) electrons. The number of thioether (sulfide) groups is 1. The Hall–Kier alpha value is -2.27. The lowest BCUT2D eigenvalue weighted by Gasteiger charge is -2.10. The van der Waals surface area contributed by atoms with E-state index in [0.29, 0.717) is 5.56 Å². The predicted molar refractivity (Wildman–Crippen MR) is 93.9 cm³/mol. The molecule has 23 heavy (non-hydrogen) atoms. The van der Waals surface area contributed by atoms with E-state index >= 15 is 0 Å². The van der Waals surface area contributed by atoms with E-state index in [-0.39, 0.29) is 5.97 Å². The molecule has 0 aliphatic heterocycles. The molecule has 1 heterocycles. The van der Waals surface area contributed by atoms with Crippen molar-refractivity contribution in [3.8, 4) is 5.75 Å². The van der Waals surface area contributed by atoms with Crippen molar-refractivity contribution in [2.75, 3.05) is 20.0 Å². The third kappa shape index (κ3) is 4.36. The van der Waals surface area contributed by atoms with Gasteiger partial charge in [0.1, 0.15) is 5.75 Å². The SMILES string of the molecule is CCSc1c(/C=C/c2ccc(C(=O)OC)cn2)cccc1OC. The summed E-state index contributed by atoms with van der Waals surface area (Å²) >= 11 is 1.74. The first-order valence-electron chi connectivity index (χ1n) is 7.21. The monoisotopic (exact) mass is 329 g/mol. The van der Waals surface area contributed by atoms with Crippen LogP contribution in [-0.2, 0) is 4.74 Å². The number of ether oxygens (including phenoxy) is 2. The lowest BCUT2D eigenvalue weighted by atomic mass is 10.1. The van der Waals surface area contributed by atoms with Gasteiger partial charge in [0, 0.05) is 6.20 Å². The van der Waals surface area contributed by atoms with Crippen molar-refractivity contribution >= 4 is 29.9 Å². The number of pyridine rings is 1. The van der Waals surface area contributed by atoms with E-state index in [1.54, 1.807) is 31.0 Å². The molecule has 5 heteroatoms. The van der Waals surface area contributed by atoms with Crippen LogP contribution in [0.2, 0.25) is 0 Å².